The van der Waals surface area contributed by atoms with Gasteiger partial charge in [0.2, 0.25) is 6.29 Å². The van der Waals surface area contributed by atoms with Gasteiger partial charge in [0, 0.05) is 53.6 Å². The van der Waals surface area contributed by atoms with E-state index in [1.165, 1.54) is 32.2 Å². The number of rotatable bonds is 16. The van der Waals surface area contributed by atoms with Gasteiger partial charge in [0.1, 0.15) is 17.3 Å². The molecule has 2 aromatic carbocycles. The number of nitrogens with one attached hydrogen (secondary N) is 2. The average Bonchev–Trinajstić information content (AvgIpc) is 3.94. The van der Waals surface area contributed by atoms with Crippen LogP contribution < -0.4 is 21.1 Å². The first kappa shape index (κ1) is 38.2. The molecule has 3 aromatic rings. The molecule has 0 aliphatic heterocycles. The van der Waals surface area contributed by atoms with E-state index in [2.05, 4.69) is 27.2 Å². The smallest absolute Gasteiger partial charge is 0.360 e. The summed E-state index contributed by atoms with van der Waals surface area (Å²) in [5.74, 6) is -2.31. The van der Waals surface area contributed by atoms with Gasteiger partial charge in [-0.05, 0) is 74.2 Å². The van der Waals surface area contributed by atoms with E-state index in [1.807, 2.05) is 0 Å². The van der Waals surface area contributed by atoms with Crippen molar-refractivity contribution in [3.05, 3.63) is 83.2 Å². The summed E-state index contributed by atoms with van der Waals surface area (Å²) in [5, 5.41) is 15.4. The maximum atomic E-state index is 13.9. The standard InChI is InChI=1S/C37H43N5O9/c1-7-23-17-28(33(43)40-25-13-11-24(12-14-25)32(38)42-37(47)49-8-2)27(18-30(23)48-6)26-15-16-29(34(44)39-19-22-9-10-22)41-31(26)36(46)51-21(5)50-35(45)20(3)4/h7,11-18,20-22,37,47H,1,8-10,19H2,2-6H3,(H2,38,42)(H,39,44)(H,40,43). The van der Waals surface area contributed by atoms with Crippen molar-refractivity contribution < 1.29 is 43.2 Å². The lowest BCUT2D eigenvalue weighted by molar-refractivity contribution is -0.169. The Bertz CT molecular complexity index is 1800. The number of aliphatic hydroxyl groups is 1. The van der Waals surface area contributed by atoms with Gasteiger partial charge in [0.15, 0.2) is 5.69 Å². The molecule has 0 radical (unpaired) electrons. The first-order valence-corrected chi connectivity index (χ1v) is 16.4. The number of amides is 2. The summed E-state index contributed by atoms with van der Waals surface area (Å²) in [6.07, 6.45) is 0.867. The molecule has 2 atom stereocenters. The zero-order chi connectivity index (χ0) is 37.2. The number of hydrogen-bond acceptors (Lipinski definition) is 11. The zero-order valence-corrected chi connectivity index (χ0v) is 29.2. The number of carbonyl (C=O) groups excluding carboxylic acids is 4. The fourth-order valence-electron chi connectivity index (χ4n) is 4.78. The third-order valence-electron chi connectivity index (χ3n) is 7.72. The lowest BCUT2D eigenvalue weighted by atomic mass is 9.94. The summed E-state index contributed by atoms with van der Waals surface area (Å²) in [6.45, 7) is 10.9. The number of aliphatic hydroxyl groups excluding tert-OH is 1. The number of aliphatic imine (C=N–C) groups is 1. The van der Waals surface area contributed by atoms with Crippen LogP contribution in [0.3, 0.4) is 0 Å². The van der Waals surface area contributed by atoms with Crippen molar-refractivity contribution in [1.29, 1.82) is 0 Å². The number of nitrogens with two attached hydrogens (primary N) is 1. The molecule has 1 aliphatic rings. The van der Waals surface area contributed by atoms with E-state index in [4.69, 9.17) is 24.7 Å². The van der Waals surface area contributed by atoms with Crippen LogP contribution in [0.2, 0.25) is 0 Å². The number of esters is 2. The van der Waals surface area contributed by atoms with Gasteiger partial charge in [-0.15, -0.1) is 0 Å². The van der Waals surface area contributed by atoms with E-state index >= 15 is 0 Å². The van der Waals surface area contributed by atoms with Crippen molar-refractivity contribution in [3.8, 4) is 16.9 Å². The van der Waals surface area contributed by atoms with E-state index in [1.54, 1.807) is 57.2 Å². The van der Waals surface area contributed by atoms with Crippen molar-refractivity contribution in [1.82, 2.24) is 10.3 Å². The Morgan fingerprint density at radius 1 is 1.04 bits per heavy atom. The maximum absolute atomic E-state index is 13.9. The molecule has 2 amide bonds. The number of hydrogen-bond donors (Lipinski definition) is 4. The number of anilines is 1. The molecule has 0 saturated heterocycles. The van der Waals surface area contributed by atoms with Crippen LogP contribution in [0.5, 0.6) is 5.75 Å². The van der Waals surface area contributed by atoms with Crippen LogP contribution in [0.4, 0.5) is 5.69 Å². The van der Waals surface area contributed by atoms with Crippen LogP contribution >= 0.6 is 0 Å². The Kier molecular flexibility index (Phi) is 13.0. The molecule has 51 heavy (non-hydrogen) atoms. The van der Waals surface area contributed by atoms with E-state index < -0.39 is 42.4 Å². The monoisotopic (exact) mass is 701 g/mol. The largest absolute Gasteiger partial charge is 0.496 e. The lowest BCUT2D eigenvalue weighted by Gasteiger charge is -2.19. The van der Waals surface area contributed by atoms with E-state index in [0.29, 0.717) is 35.0 Å². The Hall–Kier alpha value is -5.60. The van der Waals surface area contributed by atoms with Crippen LogP contribution in [0, 0.1) is 11.8 Å². The minimum absolute atomic E-state index is 0.0340. The minimum atomic E-state index is -1.41. The second-order valence-corrected chi connectivity index (χ2v) is 12.0. The molecule has 4 rings (SSSR count). The van der Waals surface area contributed by atoms with E-state index in [0.717, 1.165) is 12.8 Å². The lowest BCUT2D eigenvalue weighted by Crippen LogP contribution is -2.28. The van der Waals surface area contributed by atoms with Crippen LogP contribution in [-0.4, -0.2) is 72.6 Å². The number of carbonyl (C=O) groups is 4. The summed E-state index contributed by atoms with van der Waals surface area (Å²) >= 11 is 0. The van der Waals surface area contributed by atoms with Crippen LogP contribution in [-0.2, 0) is 19.0 Å². The fraction of sp³-hybridized carbons (Fsp3) is 0.351. The van der Waals surface area contributed by atoms with E-state index in [-0.39, 0.29) is 40.5 Å². The fourth-order valence-corrected chi connectivity index (χ4v) is 4.78. The summed E-state index contributed by atoms with van der Waals surface area (Å²) in [5.41, 5.74) is 7.49. The second kappa shape index (κ2) is 17.4. The number of pyridine rings is 1. The number of ether oxygens (including phenoxy) is 4. The van der Waals surface area contributed by atoms with Crippen molar-refractivity contribution >= 4 is 41.4 Å². The first-order valence-electron chi connectivity index (χ1n) is 16.4. The highest BCUT2D eigenvalue weighted by molar-refractivity contribution is 6.11. The molecule has 1 fully saturated rings. The van der Waals surface area contributed by atoms with Gasteiger partial charge < -0.3 is 40.4 Å². The van der Waals surface area contributed by atoms with Crippen LogP contribution in [0.15, 0.2) is 60.1 Å². The summed E-state index contributed by atoms with van der Waals surface area (Å²) in [7, 11) is 1.45. The molecule has 1 saturated carbocycles. The molecular weight excluding hydrogens is 658 g/mol. The molecule has 0 bridgehead atoms. The minimum Gasteiger partial charge on any atom is -0.496 e. The predicted octanol–water partition coefficient (Wildman–Crippen LogP) is 4.51. The zero-order valence-electron chi connectivity index (χ0n) is 29.2. The summed E-state index contributed by atoms with van der Waals surface area (Å²) < 4.78 is 21.3. The SMILES string of the molecule is C=Cc1cc(C(=O)Nc2ccc(C(N)=NC(O)OCC)cc2)c(-c2ccc(C(=O)NCC3CC3)nc2C(=O)OC(C)OC(=O)C(C)C)cc1OC. The molecular formula is C37H43N5O9. The molecule has 14 heteroatoms. The van der Waals surface area contributed by atoms with Gasteiger partial charge >= 0.3 is 11.9 Å². The Morgan fingerprint density at radius 2 is 1.75 bits per heavy atom. The topological polar surface area (TPSA) is 201 Å². The molecule has 0 spiro atoms. The van der Waals surface area contributed by atoms with Crippen molar-refractivity contribution in [2.75, 3.05) is 25.6 Å². The molecule has 1 heterocycles. The molecule has 14 nitrogen and oxygen atoms in total. The summed E-state index contributed by atoms with van der Waals surface area (Å²) in [6, 6.07) is 12.4. The van der Waals surface area contributed by atoms with Gasteiger partial charge in [0.25, 0.3) is 18.2 Å². The number of benzene rings is 2. The normalized spacial score (nSPS) is 13.9. The highest BCUT2D eigenvalue weighted by Gasteiger charge is 2.28. The molecule has 5 N–H and O–H groups in total. The Morgan fingerprint density at radius 3 is 2.35 bits per heavy atom. The van der Waals surface area contributed by atoms with Gasteiger partial charge in [0.05, 0.1) is 13.0 Å². The predicted molar refractivity (Wildman–Crippen MR) is 190 cm³/mol. The van der Waals surface area contributed by atoms with Gasteiger partial charge in [-0.3, -0.25) is 14.4 Å². The number of methoxy groups -OCH3 is 1. The average molecular weight is 702 g/mol. The van der Waals surface area contributed by atoms with E-state index in [9.17, 15) is 24.3 Å². The van der Waals surface area contributed by atoms with Gasteiger partial charge in [-0.2, -0.15) is 0 Å². The Balaban J connectivity index is 1.74. The van der Waals surface area contributed by atoms with Gasteiger partial charge in [-0.25, -0.2) is 14.8 Å². The van der Waals surface area contributed by atoms with Crippen molar-refractivity contribution in [3.63, 3.8) is 0 Å². The van der Waals surface area contributed by atoms with Gasteiger partial charge in [-0.1, -0.05) is 26.5 Å². The third-order valence-corrected chi connectivity index (χ3v) is 7.72. The number of aromatic nitrogens is 1. The first-order chi connectivity index (χ1) is 24.3. The number of nitrogens with zero attached hydrogens (tertiary/aromatic N) is 2. The molecule has 2 unspecified atom stereocenters. The van der Waals surface area contributed by atoms with Crippen LogP contribution in [0.25, 0.3) is 17.2 Å². The third kappa shape index (κ3) is 10.2. The molecule has 1 aromatic heterocycles. The van der Waals surface area contributed by atoms with Crippen LogP contribution in [0.1, 0.15) is 83.0 Å². The second-order valence-electron chi connectivity index (χ2n) is 12.0. The van der Waals surface area contributed by atoms with Crippen molar-refractivity contribution in [2.45, 2.75) is 53.2 Å². The highest BCUT2D eigenvalue weighted by atomic mass is 16.7. The summed E-state index contributed by atoms with van der Waals surface area (Å²) in [4.78, 5) is 61.1. The molecule has 270 valence electrons. The maximum Gasteiger partial charge on any atom is 0.360 e. The quantitative estimate of drug-likeness (QED) is 0.0709. The number of amidine groups is 1. The molecule has 1 aliphatic carbocycles. The Labute approximate surface area is 296 Å². The highest BCUT2D eigenvalue weighted by Crippen LogP contribution is 2.35. The van der Waals surface area contributed by atoms with Crippen molar-refractivity contribution in [2.24, 2.45) is 22.6 Å².